The molecule has 4 aromatic rings. The van der Waals surface area contributed by atoms with Gasteiger partial charge in [-0.2, -0.15) is 0 Å². The number of fused-ring (bicyclic) bond motifs is 1. The lowest BCUT2D eigenvalue weighted by Gasteiger charge is -2.32. The van der Waals surface area contributed by atoms with Crippen LogP contribution in [-0.2, 0) is 6.54 Å². The summed E-state index contributed by atoms with van der Waals surface area (Å²) in [4.78, 5) is 12.6. The second kappa shape index (κ2) is 10.4. The van der Waals surface area contributed by atoms with E-state index >= 15 is 0 Å². The summed E-state index contributed by atoms with van der Waals surface area (Å²) in [6.45, 7) is 4.29. The minimum atomic E-state index is -2.66. The molecule has 3 aromatic heterocycles. The third-order valence-corrected chi connectivity index (χ3v) is 5.89. The van der Waals surface area contributed by atoms with Gasteiger partial charge in [0.15, 0.2) is 23.3 Å². The summed E-state index contributed by atoms with van der Waals surface area (Å²) < 4.78 is 68.0. The summed E-state index contributed by atoms with van der Waals surface area (Å²) in [5.41, 5.74) is 2.77. The van der Waals surface area contributed by atoms with E-state index in [1.807, 2.05) is 0 Å². The largest absolute Gasteiger partial charge is 0.386 e. The summed E-state index contributed by atoms with van der Waals surface area (Å²) in [5.74, 6) is -4.67. The number of piperidine rings is 1. The van der Waals surface area contributed by atoms with E-state index in [9.17, 15) is 22.0 Å². The zero-order valence-corrected chi connectivity index (χ0v) is 19.5. The van der Waals surface area contributed by atoms with Gasteiger partial charge >= 0.3 is 0 Å². The van der Waals surface area contributed by atoms with Crippen LogP contribution in [0.4, 0.5) is 33.5 Å². The summed E-state index contributed by atoms with van der Waals surface area (Å²) in [7, 11) is 1.73. The van der Waals surface area contributed by atoms with E-state index in [-0.39, 0.29) is 31.7 Å². The number of benzene rings is 1. The molecule has 0 atom stereocenters. The molecule has 190 valence electrons. The zero-order chi connectivity index (χ0) is 25.9. The molecule has 0 radical (unpaired) electrons. The normalized spacial score (nSPS) is 14.9. The average Bonchev–Trinajstić information content (AvgIpc) is 3.46. The third-order valence-electron chi connectivity index (χ3n) is 5.89. The second-order valence-electron chi connectivity index (χ2n) is 8.43. The van der Waals surface area contributed by atoms with Crippen LogP contribution in [-0.4, -0.2) is 45.6 Å². The Balaban J connectivity index is 0.000000197. The van der Waals surface area contributed by atoms with Crippen LogP contribution in [0.2, 0.25) is 0 Å². The molecule has 1 aliphatic rings. The predicted molar refractivity (Wildman–Crippen MR) is 130 cm³/mol. The molecule has 6 nitrogen and oxygen atoms in total. The van der Waals surface area contributed by atoms with E-state index in [0.29, 0.717) is 23.0 Å². The smallest absolute Gasteiger partial charge is 0.251 e. The number of rotatable bonds is 5. The molecule has 1 fully saturated rings. The maximum atomic E-state index is 14.3. The lowest BCUT2D eigenvalue weighted by Crippen LogP contribution is -2.40. The van der Waals surface area contributed by atoms with Gasteiger partial charge in [0.05, 0.1) is 29.8 Å². The lowest BCUT2D eigenvalue weighted by atomic mass is 10.1. The molecular weight excluding hydrogens is 479 g/mol. The monoisotopic (exact) mass is 504 g/mol. The Kier molecular flexibility index (Phi) is 7.27. The molecule has 2 N–H and O–H groups in total. The highest BCUT2D eigenvalue weighted by Gasteiger charge is 2.35. The van der Waals surface area contributed by atoms with Gasteiger partial charge in [0.1, 0.15) is 0 Å². The molecule has 36 heavy (non-hydrogen) atoms. The quantitative estimate of drug-likeness (QED) is 0.336. The van der Waals surface area contributed by atoms with Crippen LogP contribution >= 0.6 is 0 Å². The first-order chi connectivity index (χ1) is 17.2. The standard InChI is InChI=1S/C16H17F3N4.C9H8F2N2/c1-2-13-10-22(11-21-13)9-12-7-14(17)15(20-8-12)23-5-3-16(18,19)4-6-23;1-12-9-4-13-8-3-7(11)6(10)2-5(8)9/h2,7-8,10-11H,1,3-6,9H2;2-4,12-13H,1H3. The van der Waals surface area contributed by atoms with Crippen LogP contribution in [0, 0.1) is 17.5 Å². The molecule has 0 saturated carbocycles. The molecule has 0 bridgehead atoms. The Morgan fingerprint density at radius 2 is 1.81 bits per heavy atom. The van der Waals surface area contributed by atoms with Crippen LogP contribution < -0.4 is 10.2 Å². The van der Waals surface area contributed by atoms with Crippen molar-refractivity contribution in [3.8, 4) is 0 Å². The van der Waals surface area contributed by atoms with Crippen molar-refractivity contribution >= 4 is 28.5 Å². The van der Waals surface area contributed by atoms with Crippen LogP contribution in [0.15, 0.2) is 49.7 Å². The molecule has 11 heteroatoms. The van der Waals surface area contributed by atoms with Crippen molar-refractivity contribution in [3.05, 3.63) is 78.4 Å². The SMILES string of the molecule is C=Cc1cn(Cc2cnc(N3CCC(F)(F)CC3)c(F)c2)cn1.CNc1c[nH]c2cc(F)c(F)cc12. The topological polar surface area (TPSA) is 61.8 Å². The van der Waals surface area contributed by atoms with Gasteiger partial charge in [-0.15, -0.1) is 0 Å². The molecule has 0 amide bonds. The van der Waals surface area contributed by atoms with Crippen LogP contribution in [0.1, 0.15) is 24.1 Å². The minimum absolute atomic E-state index is 0.112. The highest BCUT2D eigenvalue weighted by molar-refractivity contribution is 5.92. The summed E-state index contributed by atoms with van der Waals surface area (Å²) in [6, 6.07) is 3.71. The van der Waals surface area contributed by atoms with Gasteiger partial charge in [-0.3, -0.25) is 0 Å². The maximum Gasteiger partial charge on any atom is 0.251 e. The zero-order valence-electron chi connectivity index (χ0n) is 19.5. The summed E-state index contributed by atoms with van der Waals surface area (Å²) >= 11 is 0. The molecule has 1 aliphatic heterocycles. The van der Waals surface area contributed by atoms with E-state index in [1.165, 1.54) is 12.1 Å². The molecule has 1 saturated heterocycles. The molecule has 1 aromatic carbocycles. The van der Waals surface area contributed by atoms with Crippen molar-refractivity contribution in [1.29, 1.82) is 0 Å². The fraction of sp³-hybridized carbons (Fsp3) is 0.280. The van der Waals surface area contributed by atoms with Crippen molar-refractivity contribution in [2.75, 3.05) is 30.4 Å². The Morgan fingerprint density at radius 3 is 2.44 bits per heavy atom. The number of hydrogen-bond donors (Lipinski definition) is 2. The number of hydrogen-bond acceptors (Lipinski definition) is 4. The number of aromatic nitrogens is 4. The number of pyridine rings is 1. The lowest BCUT2D eigenvalue weighted by molar-refractivity contribution is -0.0222. The first kappa shape index (κ1) is 25.2. The van der Waals surface area contributed by atoms with Crippen molar-refractivity contribution in [3.63, 3.8) is 0 Å². The van der Waals surface area contributed by atoms with Gasteiger partial charge in [-0.05, 0) is 23.8 Å². The fourth-order valence-electron chi connectivity index (χ4n) is 3.94. The average molecular weight is 505 g/mol. The van der Waals surface area contributed by atoms with E-state index < -0.39 is 23.4 Å². The second-order valence-corrected chi connectivity index (χ2v) is 8.43. The van der Waals surface area contributed by atoms with Crippen molar-refractivity contribution in [1.82, 2.24) is 19.5 Å². The van der Waals surface area contributed by atoms with Gasteiger partial charge in [-0.25, -0.2) is 31.9 Å². The Hall–Kier alpha value is -3.89. The number of H-pyrrole nitrogens is 1. The third kappa shape index (κ3) is 5.67. The van der Waals surface area contributed by atoms with Gasteiger partial charge in [-0.1, -0.05) is 6.58 Å². The van der Waals surface area contributed by atoms with Gasteiger partial charge in [0.25, 0.3) is 5.92 Å². The Labute approximate surface area is 204 Å². The highest BCUT2D eigenvalue weighted by atomic mass is 19.3. The van der Waals surface area contributed by atoms with Crippen molar-refractivity contribution < 1.29 is 22.0 Å². The summed E-state index contributed by atoms with van der Waals surface area (Å²) in [6.07, 6.45) is 7.76. The maximum absolute atomic E-state index is 14.3. The number of aromatic amines is 1. The number of imidazole rings is 1. The number of alkyl halides is 2. The van der Waals surface area contributed by atoms with Crippen molar-refractivity contribution in [2.45, 2.75) is 25.3 Å². The number of halogens is 5. The first-order valence-corrected chi connectivity index (χ1v) is 11.2. The van der Waals surface area contributed by atoms with Gasteiger partial charge < -0.3 is 19.8 Å². The molecular formula is C25H25F5N6. The van der Waals surface area contributed by atoms with Gasteiger partial charge in [0.2, 0.25) is 0 Å². The molecule has 5 rings (SSSR count). The molecule has 4 heterocycles. The fourth-order valence-corrected chi connectivity index (χ4v) is 3.94. The Bertz CT molecular complexity index is 1350. The van der Waals surface area contributed by atoms with Crippen LogP contribution in [0.25, 0.3) is 17.0 Å². The summed E-state index contributed by atoms with van der Waals surface area (Å²) in [5, 5.41) is 3.53. The van der Waals surface area contributed by atoms with E-state index in [2.05, 4.69) is 26.8 Å². The van der Waals surface area contributed by atoms with E-state index in [0.717, 1.165) is 17.4 Å². The number of nitrogens with zero attached hydrogens (tertiary/aromatic N) is 4. The van der Waals surface area contributed by atoms with Crippen molar-refractivity contribution in [2.24, 2.45) is 0 Å². The molecule has 0 unspecified atom stereocenters. The minimum Gasteiger partial charge on any atom is -0.386 e. The number of nitrogens with one attached hydrogen (secondary N) is 2. The first-order valence-electron chi connectivity index (χ1n) is 11.2. The predicted octanol–water partition coefficient (Wildman–Crippen LogP) is 5.83. The molecule has 0 spiro atoms. The molecule has 0 aliphatic carbocycles. The van der Waals surface area contributed by atoms with E-state index in [4.69, 9.17) is 0 Å². The van der Waals surface area contributed by atoms with Crippen LogP contribution in [0.3, 0.4) is 0 Å². The van der Waals surface area contributed by atoms with Gasteiger partial charge in [0, 0.05) is 63.0 Å². The number of anilines is 2. The highest BCUT2D eigenvalue weighted by Crippen LogP contribution is 2.31. The Morgan fingerprint density at radius 1 is 1.08 bits per heavy atom. The van der Waals surface area contributed by atoms with Crippen LogP contribution in [0.5, 0.6) is 0 Å². The van der Waals surface area contributed by atoms with E-state index in [1.54, 1.807) is 47.5 Å².